The van der Waals surface area contributed by atoms with E-state index in [1.165, 1.54) is 17.3 Å². The summed E-state index contributed by atoms with van der Waals surface area (Å²) >= 11 is 0. The van der Waals surface area contributed by atoms with Crippen molar-refractivity contribution in [1.29, 1.82) is 0 Å². The van der Waals surface area contributed by atoms with Crippen molar-refractivity contribution in [2.24, 2.45) is 11.3 Å². The molecule has 8 heteroatoms. The maximum Gasteiger partial charge on any atom is 0.406 e. The second-order valence-electron chi connectivity index (χ2n) is 6.65. The summed E-state index contributed by atoms with van der Waals surface area (Å²) in [7, 11) is 1.64. The molecule has 1 spiro atoms. The Hall–Kier alpha value is -1.57. The van der Waals surface area contributed by atoms with Gasteiger partial charge in [0.15, 0.2) is 0 Å². The van der Waals surface area contributed by atoms with Crippen LogP contribution in [0, 0.1) is 11.3 Å². The van der Waals surface area contributed by atoms with Crippen LogP contribution in [0.5, 0.6) is 0 Å². The fraction of sp³-hybridized carbons (Fsp3) is 0.733. The van der Waals surface area contributed by atoms with Crippen molar-refractivity contribution in [2.45, 2.75) is 38.5 Å². The number of nitrogens with zero attached hydrogens (tertiary/aromatic N) is 3. The molecule has 1 aromatic rings. The Balaban J connectivity index is 1.61. The highest BCUT2D eigenvalue weighted by Gasteiger charge is 2.58. The lowest BCUT2D eigenvalue weighted by Gasteiger charge is -2.25. The molecule has 2 heterocycles. The maximum absolute atomic E-state index is 12.5. The van der Waals surface area contributed by atoms with E-state index in [1.807, 2.05) is 0 Å². The van der Waals surface area contributed by atoms with E-state index in [0.29, 0.717) is 0 Å². The van der Waals surface area contributed by atoms with Crippen molar-refractivity contribution in [2.75, 3.05) is 20.1 Å². The minimum absolute atomic E-state index is 0.0145. The van der Waals surface area contributed by atoms with E-state index in [2.05, 4.69) is 10.3 Å². The summed E-state index contributed by atoms with van der Waals surface area (Å²) in [4.78, 5) is 18.0. The summed E-state index contributed by atoms with van der Waals surface area (Å²) in [5.74, 6) is 0.298. The Morgan fingerprint density at radius 2 is 2.17 bits per heavy atom. The molecule has 3 rings (SSSR count). The quantitative estimate of drug-likeness (QED) is 0.916. The van der Waals surface area contributed by atoms with Gasteiger partial charge in [0.1, 0.15) is 12.4 Å². The van der Waals surface area contributed by atoms with E-state index in [4.69, 9.17) is 0 Å². The number of amides is 1. The monoisotopic (exact) mass is 330 g/mol. The first kappa shape index (κ1) is 16.3. The Bertz CT molecular complexity index is 578. The second kappa shape index (κ2) is 5.81. The molecule has 1 aliphatic heterocycles. The summed E-state index contributed by atoms with van der Waals surface area (Å²) in [6, 6.07) is 0. The van der Waals surface area contributed by atoms with Crippen LogP contribution in [0.4, 0.5) is 13.2 Å². The van der Waals surface area contributed by atoms with Crippen LogP contribution >= 0.6 is 0 Å². The molecule has 23 heavy (non-hydrogen) atoms. The molecule has 1 N–H and O–H groups in total. The Morgan fingerprint density at radius 1 is 1.48 bits per heavy atom. The highest BCUT2D eigenvalue weighted by molar-refractivity contribution is 5.82. The number of carbonyl (C=O) groups excluding carboxylic acids is 1. The molecule has 2 fully saturated rings. The zero-order chi connectivity index (χ0) is 16.7. The van der Waals surface area contributed by atoms with Crippen molar-refractivity contribution in [3.05, 3.63) is 18.2 Å². The molecule has 5 nitrogen and oxygen atoms in total. The molecule has 0 bridgehead atoms. The molecule has 1 aromatic heterocycles. The minimum Gasteiger partial charge on any atom is -0.338 e. The maximum atomic E-state index is 12.5. The summed E-state index contributed by atoms with van der Waals surface area (Å²) in [6.45, 7) is 0.892. The van der Waals surface area contributed by atoms with Gasteiger partial charge >= 0.3 is 6.18 Å². The van der Waals surface area contributed by atoms with Gasteiger partial charge in [0.2, 0.25) is 5.91 Å². The molecule has 128 valence electrons. The van der Waals surface area contributed by atoms with Crippen LogP contribution in [-0.4, -0.2) is 46.7 Å². The Kier molecular flexibility index (Phi) is 4.12. The van der Waals surface area contributed by atoms with Gasteiger partial charge in [0, 0.05) is 25.4 Å². The van der Waals surface area contributed by atoms with Gasteiger partial charge in [-0.15, -0.1) is 0 Å². The van der Waals surface area contributed by atoms with E-state index in [0.717, 1.165) is 36.9 Å². The third-order valence-electron chi connectivity index (χ3n) is 4.99. The molecular weight excluding hydrogens is 309 g/mol. The summed E-state index contributed by atoms with van der Waals surface area (Å²) < 4.78 is 38.7. The first-order chi connectivity index (χ1) is 10.8. The van der Waals surface area contributed by atoms with Gasteiger partial charge < -0.3 is 14.8 Å². The van der Waals surface area contributed by atoms with Gasteiger partial charge in [-0.05, 0) is 37.8 Å². The van der Waals surface area contributed by atoms with E-state index in [9.17, 15) is 18.0 Å². The van der Waals surface area contributed by atoms with Crippen molar-refractivity contribution in [3.8, 4) is 0 Å². The lowest BCUT2D eigenvalue weighted by atomic mass is 9.91. The number of hydrogen-bond acceptors (Lipinski definition) is 3. The SMILES string of the molecule is CN(Cc1nccn1CC(F)(F)F)C(=O)C1CC12CCNCC2. The summed E-state index contributed by atoms with van der Waals surface area (Å²) in [5, 5.41) is 3.29. The number of piperidine rings is 1. The fourth-order valence-corrected chi connectivity index (χ4v) is 3.56. The highest BCUT2D eigenvalue weighted by Crippen LogP contribution is 2.59. The number of alkyl halides is 3. The molecule has 1 amide bonds. The molecule has 1 saturated carbocycles. The van der Waals surface area contributed by atoms with Gasteiger partial charge in [-0.2, -0.15) is 13.2 Å². The predicted octanol–water partition coefficient (Wildman–Crippen LogP) is 1.79. The van der Waals surface area contributed by atoms with Gasteiger partial charge in [0.25, 0.3) is 0 Å². The number of nitrogens with one attached hydrogen (secondary N) is 1. The number of hydrogen-bond donors (Lipinski definition) is 1. The molecule has 1 aliphatic carbocycles. The number of halogens is 3. The smallest absolute Gasteiger partial charge is 0.338 e. The summed E-state index contributed by atoms with van der Waals surface area (Å²) in [6.07, 6.45) is 1.24. The average Bonchev–Trinajstić information content (AvgIpc) is 2.99. The first-order valence-electron chi connectivity index (χ1n) is 7.83. The molecule has 2 aliphatic rings. The fourth-order valence-electron chi connectivity index (χ4n) is 3.56. The molecule has 1 atom stereocenters. The topological polar surface area (TPSA) is 50.2 Å². The van der Waals surface area contributed by atoms with Crippen LogP contribution in [0.15, 0.2) is 12.4 Å². The van der Waals surface area contributed by atoms with Gasteiger partial charge in [-0.1, -0.05) is 0 Å². The van der Waals surface area contributed by atoms with Crippen LogP contribution < -0.4 is 5.32 Å². The summed E-state index contributed by atoms with van der Waals surface area (Å²) in [5.41, 5.74) is 0.123. The number of aromatic nitrogens is 2. The van der Waals surface area contributed by atoms with Crippen LogP contribution in [-0.2, 0) is 17.9 Å². The van der Waals surface area contributed by atoms with Crippen molar-refractivity contribution < 1.29 is 18.0 Å². The molecular formula is C15H21F3N4O. The zero-order valence-corrected chi connectivity index (χ0v) is 13.1. The largest absolute Gasteiger partial charge is 0.406 e. The van der Waals surface area contributed by atoms with Crippen molar-refractivity contribution in [1.82, 2.24) is 19.8 Å². The van der Waals surface area contributed by atoms with Gasteiger partial charge in [-0.25, -0.2) is 4.98 Å². The van der Waals surface area contributed by atoms with Crippen molar-refractivity contribution >= 4 is 5.91 Å². The minimum atomic E-state index is -4.30. The number of imidazole rings is 1. The average molecular weight is 330 g/mol. The lowest BCUT2D eigenvalue weighted by molar-refractivity contribution is -0.141. The third kappa shape index (κ3) is 3.52. The normalized spacial score (nSPS) is 23.0. The second-order valence-corrected chi connectivity index (χ2v) is 6.65. The predicted molar refractivity (Wildman–Crippen MR) is 77.4 cm³/mol. The third-order valence-corrected chi connectivity index (χ3v) is 4.99. The van der Waals surface area contributed by atoms with E-state index >= 15 is 0 Å². The Labute approximate surface area is 132 Å². The zero-order valence-electron chi connectivity index (χ0n) is 13.1. The van der Waals surface area contributed by atoms with Crippen LogP contribution in [0.2, 0.25) is 0 Å². The molecule has 0 radical (unpaired) electrons. The van der Waals surface area contributed by atoms with E-state index < -0.39 is 12.7 Å². The van der Waals surface area contributed by atoms with Crippen LogP contribution in [0.1, 0.15) is 25.1 Å². The Morgan fingerprint density at radius 3 is 2.83 bits per heavy atom. The molecule has 0 aromatic carbocycles. The molecule has 1 saturated heterocycles. The standard InChI is InChI=1S/C15H21F3N4O/c1-21(9-12-20-6-7-22(12)10-15(16,17)18)13(23)11-8-14(11)2-4-19-5-3-14/h6-7,11,19H,2-5,8-10H2,1H3. The number of carbonyl (C=O) groups is 1. The van der Waals surface area contributed by atoms with Gasteiger partial charge in [-0.3, -0.25) is 4.79 Å². The van der Waals surface area contributed by atoms with Crippen LogP contribution in [0.25, 0.3) is 0 Å². The van der Waals surface area contributed by atoms with Crippen molar-refractivity contribution in [3.63, 3.8) is 0 Å². The van der Waals surface area contributed by atoms with Gasteiger partial charge in [0.05, 0.1) is 6.54 Å². The number of rotatable bonds is 4. The molecule has 1 unspecified atom stereocenters. The van der Waals surface area contributed by atoms with Crippen LogP contribution in [0.3, 0.4) is 0 Å². The van der Waals surface area contributed by atoms with E-state index in [-0.39, 0.29) is 29.6 Å². The lowest BCUT2D eigenvalue weighted by Crippen LogP contribution is -2.35. The highest BCUT2D eigenvalue weighted by atomic mass is 19.4. The van der Waals surface area contributed by atoms with E-state index in [1.54, 1.807) is 7.05 Å². The first-order valence-corrected chi connectivity index (χ1v) is 7.83.